The SMILES string of the molecule is O=C(CCN1C(=S)N[C@@H](c2ccccn2)[C@@H]1c1ccc(-c2ccc([N+](=O)[O-])cc2)o1)Nc1ccccc1. The topological polar surface area (TPSA) is 114 Å². The number of nitrogens with zero attached hydrogens (tertiary/aromatic N) is 3. The Morgan fingerprint density at radius 2 is 1.81 bits per heavy atom. The molecule has 0 radical (unpaired) electrons. The van der Waals surface area contributed by atoms with E-state index < -0.39 is 4.92 Å². The zero-order valence-electron chi connectivity index (χ0n) is 19.6. The Hall–Kier alpha value is -4.57. The second kappa shape index (κ2) is 10.6. The van der Waals surface area contributed by atoms with Crippen LogP contribution in [-0.2, 0) is 4.79 Å². The van der Waals surface area contributed by atoms with Crippen molar-refractivity contribution in [3.63, 3.8) is 0 Å². The van der Waals surface area contributed by atoms with Gasteiger partial charge in [0, 0.05) is 42.5 Å². The zero-order chi connectivity index (χ0) is 25.8. The molecule has 2 aromatic heterocycles. The molecular weight excluding hydrogens is 490 g/mol. The molecule has 10 heteroatoms. The highest BCUT2D eigenvalue weighted by molar-refractivity contribution is 7.80. The van der Waals surface area contributed by atoms with Gasteiger partial charge in [-0.3, -0.25) is 19.9 Å². The summed E-state index contributed by atoms with van der Waals surface area (Å²) in [6.07, 6.45) is 1.94. The second-order valence-electron chi connectivity index (χ2n) is 8.49. The number of carbonyl (C=O) groups is 1. The number of rotatable bonds is 8. The number of nitro groups is 1. The number of pyridine rings is 1. The summed E-state index contributed by atoms with van der Waals surface area (Å²) in [5, 5.41) is 17.7. The van der Waals surface area contributed by atoms with Crippen molar-refractivity contribution >= 4 is 34.6 Å². The van der Waals surface area contributed by atoms with Crippen molar-refractivity contribution in [3.05, 3.63) is 113 Å². The predicted molar refractivity (Wildman–Crippen MR) is 143 cm³/mol. The number of para-hydroxylation sites is 1. The first-order valence-electron chi connectivity index (χ1n) is 11.7. The molecule has 0 bridgehead atoms. The Bertz CT molecular complexity index is 1410. The van der Waals surface area contributed by atoms with E-state index in [1.807, 2.05) is 65.6 Å². The number of hydrogen-bond acceptors (Lipinski definition) is 6. The third-order valence-electron chi connectivity index (χ3n) is 6.12. The molecule has 1 saturated heterocycles. The maximum Gasteiger partial charge on any atom is 0.269 e. The van der Waals surface area contributed by atoms with Crippen LogP contribution in [-0.4, -0.2) is 32.4 Å². The van der Waals surface area contributed by atoms with Gasteiger partial charge in [-0.15, -0.1) is 0 Å². The van der Waals surface area contributed by atoms with Crippen LogP contribution in [0.3, 0.4) is 0 Å². The van der Waals surface area contributed by atoms with E-state index in [1.165, 1.54) is 12.1 Å². The molecule has 186 valence electrons. The fourth-order valence-electron chi connectivity index (χ4n) is 4.34. The third-order valence-corrected chi connectivity index (χ3v) is 6.47. The fraction of sp³-hybridized carbons (Fsp3) is 0.148. The van der Waals surface area contributed by atoms with E-state index in [2.05, 4.69) is 15.6 Å². The summed E-state index contributed by atoms with van der Waals surface area (Å²) in [5.41, 5.74) is 2.25. The molecule has 2 aromatic carbocycles. The first-order chi connectivity index (χ1) is 18.0. The number of furan rings is 1. The van der Waals surface area contributed by atoms with Crippen LogP contribution in [0.1, 0.15) is 30.0 Å². The minimum Gasteiger partial charge on any atom is -0.459 e. The molecule has 1 aliphatic heterocycles. The van der Waals surface area contributed by atoms with Crippen LogP contribution in [0.2, 0.25) is 0 Å². The first kappa shape index (κ1) is 24.1. The summed E-state index contributed by atoms with van der Waals surface area (Å²) >= 11 is 5.67. The largest absolute Gasteiger partial charge is 0.459 e. The molecular formula is C27H23N5O4S. The summed E-state index contributed by atoms with van der Waals surface area (Å²) < 4.78 is 6.25. The van der Waals surface area contributed by atoms with Gasteiger partial charge in [-0.25, -0.2) is 0 Å². The molecule has 37 heavy (non-hydrogen) atoms. The lowest BCUT2D eigenvalue weighted by Crippen LogP contribution is -2.32. The standard InChI is InChI=1S/C27H23N5O4S/c33-24(29-19-6-2-1-3-7-19)15-17-31-26(25(30-27(31)37)21-8-4-5-16-28-21)23-14-13-22(36-23)18-9-11-20(12-10-18)32(34)35/h1-14,16,25-26H,15,17H2,(H,29,33)(H,30,37)/t25-,26-/m0/s1. The molecule has 1 aliphatic rings. The van der Waals surface area contributed by atoms with Crippen LogP contribution in [0.5, 0.6) is 0 Å². The summed E-state index contributed by atoms with van der Waals surface area (Å²) in [5.74, 6) is 1.09. The Morgan fingerprint density at radius 1 is 1.05 bits per heavy atom. The number of amides is 1. The van der Waals surface area contributed by atoms with E-state index in [9.17, 15) is 14.9 Å². The third kappa shape index (κ3) is 5.34. The van der Waals surface area contributed by atoms with Crippen molar-refractivity contribution < 1.29 is 14.1 Å². The molecule has 0 spiro atoms. The summed E-state index contributed by atoms with van der Waals surface area (Å²) in [6, 6.07) is 24.2. The van der Waals surface area contributed by atoms with Crippen molar-refractivity contribution in [2.75, 3.05) is 11.9 Å². The van der Waals surface area contributed by atoms with Gasteiger partial charge >= 0.3 is 0 Å². The van der Waals surface area contributed by atoms with Gasteiger partial charge < -0.3 is 20.0 Å². The van der Waals surface area contributed by atoms with Crippen LogP contribution in [0.15, 0.2) is 95.5 Å². The number of nitrogens with one attached hydrogen (secondary N) is 2. The van der Waals surface area contributed by atoms with Crippen LogP contribution >= 0.6 is 12.2 Å². The maximum absolute atomic E-state index is 12.6. The number of benzene rings is 2. The summed E-state index contributed by atoms with van der Waals surface area (Å²) in [7, 11) is 0. The van der Waals surface area contributed by atoms with Crippen molar-refractivity contribution in [1.82, 2.24) is 15.2 Å². The van der Waals surface area contributed by atoms with Crippen LogP contribution < -0.4 is 10.6 Å². The Labute approximate surface area is 218 Å². The van der Waals surface area contributed by atoms with Crippen molar-refractivity contribution in [2.45, 2.75) is 18.5 Å². The smallest absolute Gasteiger partial charge is 0.269 e. The van der Waals surface area contributed by atoms with E-state index in [4.69, 9.17) is 16.6 Å². The minimum atomic E-state index is -0.439. The maximum atomic E-state index is 12.6. The van der Waals surface area contributed by atoms with Gasteiger partial charge in [0.05, 0.1) is 16.7 Å². The molecule has 0 aliphatic carbocycles. The van der Waals surface area contributed by atoms with E-state index >= 15 is 0 Å². The number of anilines is 1. The van der Waals surface area contributed by atoms with Gasteiger partial charge in [0.15, 0.2) is 5.11 Å². The highest BCUT2D eigenvalue weighted by Gasteiger charge is 2.41. The van der Waals surface area contributed by atoms with Crippen molar-refractivity contribution in [2.24, 2.45) is 0 Å². The highest BCUT2D eigenvalue weighted by Crippen LogP contribution is 2.40. The minimum absolute atomic E-state index is 0.0102. The fourth-order valence-corrected chi connectivity index (χ4v) is 4.67. The zero-order valence-corrected chi connectivity index (χ0v) is 20.4. The highest BCUT2D eigenvalue weighted by atomic mass is 32.1. The van der Waals surface area contributed by atoms with Gasteiger partial charge in [-0.1, -0.05) is 24.3 Å². The molecule has 0 saturated carbocycles. The van der Waals surface area contributed by atoms with Gasteiger partial charge in [0.1, 0.15) is 17.6 Å². The molecule has 2 N–H and O–H groups in total. The van der Waals surface area contributed by atoms with Crippen LogP contribution in [0, 0.1) is 10.1 Å². The van der Waals surface area contributed by atoms with Crippen LogP contribution in [0.4, 0.5) is 11.4 Å². The molecule has 1 fully saturated rings. The molecule has 0 unspecified atom stereocenters. The summed E-state index contributed by atoms with van der Waals surface area (Å²) in [6.45, 7) is 0.367. The lowest BCUT2D eigenvalue weighted by Gasteiger charge is -2.25. The van der Waals surface area contributed by atoms with Crippen molar-refractivity contribution in [3.8, 4) is 11.3 Å². The van der Waals surface area contributed by atoms with Gasteiger partial charge in [-0.05, 0) is 60.7 Å². The lowest BCUT2D eigenvalue weighted by molar-refractivity contribution is -0.384. The first-order valence-corrected chi connectivity index (χ1v) is 12.1. The summed E-state index contributed by atoms with van der Waals surface area (Å²) in [4.78, 5) is 29.7. The van der Waals surface area contributed by atoms with Crippen molar-refractivity contribution in [1.29, 1.82) is 0 Å². The molecule has 1 amide bonds. The average molecular weight is 514 g/mol. The van der Waals surface area contributed by atoms with E-state index in [1.54, 1.807) is 18.3 Å². The van der Waals surface area contributed by atoms with Gasteiger partial charge in [-0.2, -0.15) is 0 Å². The Balaban J connectivity index is 1.40. The quantitative estimate of drug-likeness (QED) is 0.187. The van der Waals surface area contributed by atoms with Gasteiger partial charge in [0.2, 0.25) is 5.91 Å². The Kier molecular flexibility index (Phi) is 6.91. The Morgan fingerprint density at radius 3 is 2.51 bits per heavy atom. The molecule has 2 atom stereocenters. The lowest BCUT2D eigenvalue weighted by atomic mass is 10.0. The molecule has 9 nitrogen and oxygen atoms in total. The number of nitro benzene ring substituents is 1. The normalized spacial score (nSPS) is 16.9. The average Bonchev–Trinajstić information content (AvgIpc) is 3.53. The number of aromatic nitrogens is 1. The van der Waals surface area contributed by atoms with E-state index in [0.717, 1.165) is 11.4 Å². The molecule has 5 rings (SSSR count). The predicted octanol–water partition coefficient (Wildman–Crippen LogP) is 5.25. The monoisotopic (exact) mass is 513 g/mol. The van der Waals surface area contributed by atoms with Crippen LogP contribution in [0.25, 0.3) is 11.3 Å². The number of thiocarbonyl (C=S) groups is 1. The number of carbonyl (C=O) groups excluding carboxylic acids is 1. The molecule has 3 heterocycles. The second-order valence-corrected chi connectivity index (χ2v) is 8.88. The number of non-ortho nitro benzene ring substituents is 1. The van der Waals surface area contributed by atoms with Gasteiger partial charge in [0.25, 0.3) is 5.69 Å². The van der Waals surface area contributed by atoms with E-state index in [0.29, 0.717) is 28.7 Å². The van der Waals surface area contributed by atoms with E-state index in [-0.39, 0.29) is 30.1 Å². The molecule has 4 aromatic rings. The number of hydrogen-bond donors (Lipinski definition) is 2.